The predicted octanol–water partition coefficient (Wildman–Crippen LogP) is 4.51. The summed E-state index contributed by atoms with van der Waals surface area (Å²) >= 11 is 0. The van der Waals surface area contributed by atoms with Gasteiger partial charge < -0.3 is 4.74 Å². The van der Waals surface area contributed by atoms with Crippen LogP contribution in [0.15, 0.2) is 59.7 Å². The predicted molar refractivity (Wildman–Crippen MR) is 117 cm³/mol. The summed E-state index contributed by atoms with van der Waals surface area (Å²) in [5.41, 5.74) is 1.83. The second-order valence-electron chi connectivity index (χ2n) is 7.22. The van der Waals surface area contributed by atoms with Crippen LogP contribution >= 0.6 is 0 Å². The molecule has 3 rings (SSSR count). The van der Waals surface area contributed by atoms with Crippen molar-refractivity contribution in [1.29, 1.82) is 0 Å². The Morgan fingerprint density at radius 3 is 1.66 bits per heavy atom. The molecule has 0 saturated heterocycles. The first kappa shape index (κ1) is 22.5. The molecule has 1 unspecified atom stereocenters. The lowest BCUT2D eigenvalue weighted by molar-refractivity contribution is -0.385. The van der Waals surface area contributed by atoms with Gasteiger partial charge in [0.25, 0.3) is 11.4 Å². The third kappa shape index (κ3) is 5.31. The van der Waals surface area contributed by atoms with Crippen molar-refractivity contribution in [2.75, 3.05) is 6.61 Å². The van der Waals surface area contributed by atoms with Crippen molar-refractivity contribution >= 4 is 35.3 Å². The number of nitro groups is 2. The third-order valence-corrected chi connectivity index (χ3v) is 5.03. The molecular formula is C23H20N2O7. The first-order valence-electron chi connectivity index (χ1n) is 9.90. The zero-order valence-electron chi connectivity index (χ0n) is 17.2. The maximum absolute atomic E-state index is 13.1. The number of non-ortho nitro benzene ring substituents is 2. The van der Waals surface area contributed by atoms with Crippen molar-refractivity contribution in [3.8, 4) is 0 Å². The molecule has 1 fully saturated rings. The summed E-state index contributed by atoms with van der Waals surface area (Å²) in [5, 5.41) is 21.7. The topological polar surface area (TPSA) is 130 Å². The van der Waals surface area contributed by atoms with Gasteiger partial charge in [0, 0.05) is 35.4 Å². The van der Waals surface area contributed by atoms with E-state index >= 15 is 0 Å². The number of ketones is 1. The van der Waals surface area contributed by atoms with E-state index in [1.54, 1.807) is 19.1 Å². The quantitative estimate of drug-likeness (QED) is 0.282. The zero-order chi connectivity index (χ0) is 23.3. The number of esters is 1. The summed E-state index contributed by atoms with van der Waals surface area (Å²) in [7, 11) is 0. The maximum atomic E-state index is 13.1. The van der Waals surface area contributed by atoms with Crippen LogP contribution in [0.2, 0.25) is 0 Å². The molecule has 0 N–H and O–H groups in total. The minimum atomic E-state index is -0.554. The highest BCUT2D eigenvalue weighted by Gasteiger charge is 2.33. The number of nitro benzene ring substituents is 2. The Balaban J connectivity index is 1.95. The average molecular weight is 436 g/mol. The number of benzene rings is 2. The Labute approximate surface area is 183 Å². The number of ether oxygens (including phenoxy) is 1. The highest BCUT2D eigenvalue weighted by Crippen LogP contribution is 2.33. The second-order valence-corrected chi connectivity index (χ2v) is 7.22. The van der Waals surface area contributed by atoms with Crippen LogP contribution in [-0.4, -0.2) is 28.2 Å². The van der Waals surface area contributed by atoms with Crippen LogP contribution in [0.4, 0.5) is 11.4 Å². The summed E-state index contributed by atoms with van der Waals surface area (Å²) in [4.78, 5) is 46.2. The molecule has 2 aromatic rings. The Morgan fingerprint density at radius 1 is 0.906 bits per heavy atom. The lowest BCUT2D eigenvalue weighted by atomic mass is 9.79. The van der Waals surface area contributed by atoms with E-state index in [-0.39, 0.29) is 36.6 Å². The number of rotatable bonds is 6. The molecule has 164 valence electrons. The highest BCUT2D eigenvalue weighted by molar-refractivity contribution is 6.14. The van der Waals surface area contributed by atoms with Crippen LogP contribution in [0.1, 0.15) is 30.9 Å². The SMILES string of the molecule is CCOC(=O)C1C/C(=C/c2ccc([N+](=O)[O-])cc2)C(=O)/C(=C/c2ccc([N+](=O)[O-])cc2)C1. The summed E-state index contributed by atoms with van der Waals surface area (Å²) in [6, 6.07) is 11.5. The smallest absolute Gasteiger partial charge is 0.309 e. The number of Topliss-reactive ketones (excluding diaryl/α,β-unsaturated/α-hetero) is 1. The largest absolute Gasteiger partial charge is 0.466 e. The molecule has 1 atom stereocenters. The first-order chi connectivity index (χ1) is 15.3. The molecule has 0 heterocycles. The molecule has 0 bridgehead atoms. The van der Waals surface area contributed by atoms with E-state index in [9.17, 15) is 29.8 Å². The fraction of sp³-hybridized carbons (Fsp3) is 0.217. The Hall–Kier alpha value is -4.14. The molecule has 1 aliphatic carbocycles. The minimum absolute atomic E-state index is 0.0646. The number of carbonyl (C=O) groups excluding carboxylic acids is 2. The van der Waals surface area contributed by atoms with Gasteiger partial charge in [-0.2, -0.15) is 0 Å². The van der Waals surface area contributed by atoms with Crippen molar-refractivity contribution in [2.24, 2.45) is 5.92 Å². The van der Waals surface area contributed by atoms with Crippen LogP contribution in [0.3, 0.4) is 0 Å². The standard InChI is InChI=1S/C23H20N2O7/c1-2-32-23(27)19-13-17(11-15-3-7-20(8-4-15)24(28)29)22(26)18(14-19)12-16-5-9-21(10-6-16)25(30)31/h3-12,19H,2,13-14H2,1H3/b17-11-,18-12+. The van der Waals surface area contributed by atoms with Gasteiger partial charge in [-0.25, -0.2) is 0 Å². The van der Waals surface area contributed by atoms with E-state index in [1.165, 1.54) is 48.5 Å². The molecule has 0 amide bonds. The van der Waals surface area contributed by atoms with E-state index in [0.29, 0.717) is 22.3 Å². The summed E-state index contributed by atoms with van der Waals surface area (Å²) in [6.07, 6.45) is 3.60. The fourth-order valence-corrected chi connectivity index (χ4v) is 3.46. The first-order valence-corrected chi connectivity index (χ1v) is 9.90. The third-order valence-electron chi connectivity index (χ3n) is 5.03. The monoisotopic (exact) mass is 436 g/mol. The van der Waals surface area contributed by atoms with Gasteiger partial charge in [-0.15, -0.1) is 0 Å². The van der Waals surface area contributed by atoms with Gasteiger partial charge in [0.15, 0.2) is 5.78 Å². The van der Waals surface area contributed by atoms with E-state index in [1.807, 2.05) is 0 Å². The van der Waals surface area contributed by atoms with Crippen LogP contribution in [-0.2, 0) is 14.3 Å². The van der Waals surface area contributed by atoms with E-state index in [4.69, 9.17) is 4.74 Å². The van der Waals surface area contributed by atoms with Crippen molar-refractivity contribution < 1.29 is 24.2 Å². The van der Waals surface area contributed by atoms with Gasteiger partial charge in [0.05, 0.1) is 22.4 Å². The molecule has 9 heteroatoms. The van der Waals surface area contributed by atoms with Crippen LogP contribution in [0, 0.1) is 26.1 Å². The number of carbonyl (C=O) groups is 2. The lowest BCUT2D eigenvalue weighted by Gasteiger charge is -2.24. The molecule has 9 nitrogen and oxygen atoms in total. The van der Waals surface area contributed by atoms with Crippen molar-refractivity contribution in [3.63, 3.8) is 0 Å². The van der Waals surface area contributed by atoms with Gasteiger partial charge in [-0.3, -0.25) is 29.8 Å². The second kappa shape index (κ2) is 9.78. The molecule has 1 aliphatic rings. The van der Waals surface area contributed by atoms with E-state index in [0.717, 1.165) is 0 Å². The summed E-state index contributed by atoms with van der Waals surface area (Å²) in [6.45, 7) is 1.92. The Bertz CT molecular complexity index is 1040. The maximum Gasteiger partial charge on any atom is 0.309 e. The molecular weight excluding hydrogens is 416 g/mol. The Kier molecular flexibility index (Phi) is 6.89. The van der Waals surface area contributed by atoms with Crippen LogP contribution in [0.5, 0.6) is 0 Å². The van der Waals surface area contributed by atoms with Crippen LogP contribution in [0.25, 0.3) is 12.2 Å². The highest BCUT2D eigenvalue weighted by atomic mass is 16.6. The summed E-state index contributed by atoms with van der Waals surface area (Å²) < 4.78 is 5.14. The van der Waals surface area contributed by atoms with Gasteiger partial charge in [-0.05, 0) is 67.3 Å². The van der Waals surface area contributed by atoms with Gasteiger partial charge in [-0.1, -0.05) is 0 Å². The van der Waals surface area contributed by atoms with Gasteiger partial charge in [0.2, 0.25) is 0 Å². The van der Waals surface area contributed by atoms with Crippen molar-refractivity contribution in [1.82, 2.24) is 0 Å². The molecule has 0 aliphatic heterocycles. The van der Waals surface area contributed by atoms with Gasteiger partial charge >= 0.3 is 5.97 Å². The van der Waals surface area contributed by atoms with E-state index < -0.39 is 21.7 Å². The fourth-order valence-electron chi connectivity index (χ4n) is 3.46. The van der Waals surface area contributed by atoms with Gasteiger partial charge in [0.1, 0.15) is 0 Å². The Morgan fingerprint density at radius 2 is 1.31 bits per heavy atom. The van der Waals surface area contributed by atoms with Crippen molar-refractivity contribution in [3.05, 3.63) is 91.0 Å². The molecule has 0 spiro atoms. The normalized spacial score (nSPS) is 18.5. The molecule has 1 saturated carbocycles. The average Bonchev–Trinajstić information content (AvgIpc) is 2.77. The molecule has 0 radical (unpaired) electrons. The number of hydrogen-bond donors (Lipinski definition) is 0. The zero-order valence-corrected chi connectivity index (χ0v) is 17.2. The molecule has 2 aromatic carbocycles. The molecule has 0 aromatic heterocycles. The number of allylic oxidation sites excluding steroid dienone is 2. The minimum Gasteiger partial charge on any atom is -0.466 e. The number of hydrogen-bond acceptors (Lipinski definition) is 7. The van der Waals surface area contributed by atoms with Crippen molar-refractivity contribution in [2.45, 2.75) is 19.8 Å². The lowest BCUT2D eigenvalue weighted by Crippen LogP contribution is -2.27. The number of nitrogens with zero attached hydrogens (tertiary/aromatic N) is 2. The summed E-state index contributed by atoms with van der Waals surface area (Å²) in [5.74, 6) is -1.22. The molecule has 32 heavy (non-hydrogen) atoms. The van der Waals surface area contributed by atoms with Crippen LogP contribution < -0.4 is 0 Å². The van der Waals surface area contributed by atoms with E-state index in [2.05, 4.69) is 0 Å².